The van der Waals surface area contributed by atoms with Gasteiger partial charge in [0.25, 0.3) is 0 Å². The third-order valence-corrected chi connectivity index (χ3v) is 3.94. The lowest BCUT2D eigenvalue weighted by Gasteiger charge is -2.10. The maximum Gasteiger partial charge on any atom is 0.144 e. The zero-order valence-corrected chi connectivity index (χ0v) is 12.3. The van der Waals surface area contributed by atoms with E-state index in [1.807, 2.05) is 13.0 Å². The molecule has 0 unspecified atom stereocenters. The van der Waals surface area contributed by atoms with Crippen molar-refractivity contribution >= 4 is 28.1 Å². The van der Waals surface area contributed by atoms with Crippen LogP contribution >= 0.6 is 28.1 Å². The first-order chi connectivity index (χ1) is 8.00. The molecule has 0 fully saturated rings. The van der Waals surface area contributed by atoms with Crippen LogP contribution in [0.25, 0.3) is 11.4 Å². The van der Waals surface area contributed by atoms with E-state index in [9.17, 15) is 0 Å². The molecule has 0 amide bonds. The quantitative estimate of drug-likeness (QED) is 0.824. The van der Waals surface area contributed by atoms with Crippen LogP contribution in [0.4, 0.5) is 0 Å². The van der Waals surface area contributed by atoms with Crippen LogP contribution < -0.4 is 0 Å². The van der Waals surface area contributed by atoms with Gasteiger partial charge in [-0.2, -0.15) is 0 Å². The van der Waals surface area contributed by atoms with Crippen LogP contribution in [0.15, 0.2) is 21.2 Å². The average molecular weight is 313 g/mol. The smallest absolute Gasteiger partial charge is 0.144 e. The largest absolute Gasteiger partial charge is 0.469 e. The van der Waals surface area contributed by atoms with Crippen LogP contribution in [0.1, 0.15) is 31.2 Å². The molecule has 1 N–H and O–H groups in total. The topological polar surface area (TPSA) is 41.8 Å². The third kappa shape index (κ3) is 2.35. The Kier molecular flexibility index (Phi) is 3.49. The van der Waals surface area contributed by atoms with Crippen molar-refractivity contribution in [2.24, 2.45) is 0 Å². The molecule has 2 rings (SSSR count). The normalized spacial score (nSPS) is 11.1. The van der Waals surface area contributed by atoms with E-state index in [2.05, 4.69) is 39.7 Å². The van der Waals surface area contributed by atoms with E-state index in [4.69, 9.17) is 16.6 Å². The number of halogens is 1. The average Bonchev–Trinajstić information content (AvgIpc) is 2.68. The number of aryl methyl sites for hydroxylation is 1. The minimum absolute atomic E-state index is 0.347. The first-order valence-electron chi connectivity index (χ1n) is 5.35. The van der Waals surface area contributed by atoms with Crippen LogP contribution in [0, 0.1) is 11.6 Å². The van der Waals surface area contributed by atoms with Crippen molar-refractivity contribution in [3.05, 3.63) is 32.9 Å². The number of furan rings is 1. The van der Waals surface area contributed by atoms with Gasteiger partial charge in [-0.15, -0.1) is 0 Å². The third-order valence-electron chi connectivity index (χ3n) is 2.58. The van der Waals surface area contributed by atoms with Gasteiger partial charge in [0.2, 0.25) is 0 Å². The summed E-state index contributed by atoms with van der Waals surface area (Å²) in [5.74, 6) is 1.94. The van der Waals surface area contributed by atoms with E-state index < -0.39 is 0 Å². The van der Waals surface area contributed by atoms with Gasteiger partial charge in [-0.05, 0) is 34.8 Å². The van der Waals surface area contributed by atoms with E-state index in [-0.39, 0.29) is 0 Å². The van der Waals surface area contributed by atoms with E-state index in [0.717, 1.165) is 27.3 Å². The highest BCUT2D eigenvalue weighted by atomic mass is 79.9. The second-order valence-corrected chi connectivity index (χ2v) is 5.34. The SMILES string of the molecule is Cc1occc1-c1nc(=S)c(Br)c(C(C)C)[nH]1. The minimum atomic E-state index is 0.347. The van der Waals surface area contributed by atoms with Crippen molar-refractivity contribution in [3.8, 4) is 11.4 Å². The van der Waals surface area contributed by atoms with E-state index in [1.165, 1.54) is 0 Å². The molecule has 0 spiro atoms. The summed E-state index contributed by atoms with van der Waals surface area (Å²) in [6.07, 6.45) is 1.65. The molecule has 5 heteroatoms. The molecule has 0 atom stereocenters. The fourth-order valence-corrected chi connectivity index (χ4v) is 2.48. The number of nitrogens with one attached hydrogen (secondary N) is 1. The van der Waals surface area contributed by atoms with Crippen LogP contribution in [0.3, 0.4) is 0 Å². The summed E-state index contributed by atoms with van der Waals surface area (Å²) < 4.78 is 6.72. The van der Waals surface area contributed by atoms with E-state index >= 15 is 0 Å². The van der Waals surface area contributed by atoms with Crippen molar-refractivity contribution in [1.29, 1.82) is 0 Å². The molecule has 0 aromatic carbocycles. The van der Waals surface area contributed by atoms with Gasteiger partial charge in [0, 0.05) is 5.69 Å². The lowest BCUT2D eigenvalue weighted by Crippen LogP contribution is -2.00. The molecular weight excluding hydrogens is 300 g/mol. The van der Waals surface area contributed by atoms with Crippen molar-refractivity contribution in [3.63, 3.8) is 0 Å². The van der Waals surface area contributed by atoms with E-state index in [0.29, 0.717) is 10.6 Å². The van der Waals surface area contributed by atoms with Gasteiger partial charge in [-0.25, -0.2) is 4.98 Å². The monoisotopic (exact) mass is 312 g/mol. The highest BCUT2D eigenvalue weighted by molar-refractivity contribution is 9.10. The first kappa shape index (κ1) is 12.5. The molecule has 0 saturated heterocycles. The summed E-state index contributed by atoms with van der Waals surface area (Å²) in [4.78, 5) is 7.68. The molecule has 17 heavy (non-hydrogen) atoms. The van der Waals surface area contributed by atoms with Gasteiger partial charge in [-0.1, -0.05) is 26.1 Å². The Morgan fingerprint density at radius 1 is 1.47 bits per heavy atom. The number of hydrogen-bond acceptors (Lipinski definition) is 3. The molecular formula is C12H13BrN2OS. The summed E-state index contributed by atoms with van der Waals surface area (Å²) in [6.45, 7) is 6.12. The highest BCUT2D eigenvalue weighted by Gasteiger charge is 2.13. The zero-order chi connectivity index (χ0) is 12.6. The molecule has 0 saturated carbocycles. The number of hydrogen-bond donors (Lipinski definition) is 1. The molecule has 0 bridgehead atoms. The van der Waals surface area contributed by atoms with Crippen LogP contribution in [0.2, 0.25) is 0 Å². The maximum atomic E-state index is 5.28. The molecule has 0 aliphatic rings. The predicted octanol–water partition coefficient (Wildman–Crippen LogP) is 4.59. The van der Waals surface area contributed by atoms with Gasteiger partial charge in [0.15, 0.2) is 0 Å². The number of nitrogens with zero attached hydrogens (tertiary/aromatic N) is 1. The van der Waals surface area contributed by atoms with E-state index in [1.54, 1.807) is 6.26 Å². The standard InChI is InChI=1S/C12H13BrN2OS/c1-6(2)10-9(13)12(17)15-11(14-10)8-4-5-16-7(8)3/h4-6H,1-3H3,(H,14,15,17). The van der Waals surface area contributed by atoms with Crippen LogP contribution in [-0.4, -0.2) is 9.97 Å². The van der Waals surface area contributed by atoms with Gasteiger partial charge in [0.05, 0.1) is 16.3 Å². The zero-order valence-electron chi connectivity index (χ0n) is 9.87. The Morgan fingerprint density at radius 3 is 2.71 bits per heavy atom. The lowest BCUT2D eigenvalue weighted by molar-refractivity contribution is 0.535. The number of aromatic nitrogens is 2. The van der Waals surface area contributed by atoms with Crippen molar-refractivity contribution in [2.45, 2.75) is 26.7 Å². The summed E-state index contributed by atoms with van der Waals surface area (Å²) >= 11 is 8.73. The Morgan fingerprint density at radius 2 is 2.18 bits per heavy atom. The summed E-state index contributed by atoms with van der Waals surface area (Å²) in [6, 6.07) is 1.89. The minimum Gasteiger partial charge on any atom is -0.469 e. The van der Waals surface area contributed by atoms with Gasteiger partial charge in [0.1, 0.15) is 16.2 Å². The molecule has 0 aliphatic heterocycles. The predicted molar refractivity (Wildman–Crippen MR) is 73.6 cm³/mol. The van der Waals surface area contributed by atoms with Gasteiger partial charge >= 0.3 is 0 Å². The molecule has 90 valence electrons. The van der Waals surface area contributed by atoms with Crippen molar-refractivity contribution in [2.75, 3.05) is 0 Å². The Bertz CT molecular complexity index is 601. The van der Waals surface area contributed by atoms with Crippen LogP contribution in [-0.2, 0) is 0 Å². The Labute approximate surface area is 113 Å². The first-order valence-corrected chi connectivity index (χ1v) is 6.55. The molecule has 2 aromatic heterocycles. The fourth-order valence-electron chi connectivity index (χ4n) is 1.63. The number of aromatic amines is 1. The summed E-state index contributed by atoms with van der Waals surface area (Å²) in [5.41, 5.74) is 2.01. The molecule has 2 aromatic rings. The number of rotatable bonds is 2. The number of H-pyrrole nitrogens is 1. The van der Waals surface area contributed by atoms with Gasteiger partial charge < -0.3 is 9.40 Å². The second kappa shape index (κ2) is 4.74. The maximum absolute atomic E-state index is 5.28. The summed E-state index contributed by atoms with van der Waals surface area (Å²) in [7, 11) is 0. The highest BCUT2D eigenvalue weighted by Crippen LogP contribution is 2.27. The van der Waals surface area contributed by atoms with Gasteiger partial charge in [-0.3, -0.25) is 0 Å². The fraction of sp³-hybridized carbons (Fsp3) is 0.333. The molecule has 0 radical (unpaired) electrons. The van der Waals surface area contributed by atoms with Crippen molar-refractivity contribution < 1.29 is 4.42 Å². The van der Waals surface area contributed by atoms with Crippen LogP contribution in [0.5, 0.6) is 0 Å². The molecule has 2 heterocycles. The summed E-state index contributed by atoms with van der Waals surface area (Å²) in [5, 5.41) is 0. The Hall–Kier alpha value is -0.940. The lowest BCUT2D eigenvalue weighted by atomic mass is 10.1. The van der Waals surface area contributed by atoms with Crippen molar-refractivity contribution in [1.82, 2.24) is 9.97 Å². The molecule has 3 nitrogen and oxygen atoms in total. The molecule has 0 aliphatic carbocycles. The second-order valence-electron chi connectivity index (χ2n) is 4.16. The Balaban J connectivity index is 2.66.